The minimum absolute atomic E-state index is 0.0288. The lowest BCUT2D eigenvalue weighted by Crippen LogP contribution is -2.41. The number of carbonyl (C=O) groups excluding carboxylic acids is 2. The lowest BCUT2D eigenvalue weighted by molar-refractivity contribution is -0.121. The molecule has 3 aromatic rings. The summed E-state index contributed by atoms with van der Waals surface area (Å²) in [7, 11) is 0. The second-order valence-electron chi connectivity index (χ2n) is 6.52. The Morgan fingerprint density at radius 1 is 1.07 bits per heavy atom. The number of nitrogens with one attached hydrogen (secondary N) is 1. The Bertz CT molecular complexity index is 963. The number of nitrogens with zero attached hydrogens (tertiary/aromatic N) is 2. The van der Waals surface area contributed by atoms with Gasteiger partial charge in [-0.25, -0.2) is 4.98 Å². The van der Waals surface area contributed by atoms with Crippen LogP contribution in [0, 0.1) is 5.92 Å². The Morgan fingerprint density at radius 2 is 1.78 bits per heavy atom. The molecule has 1 fully saturated rings. The van der Waals surface area contributed by atoms with E-state index in [0.717, 1.165) is 10.2 Å². The monoisotopic (exact) mass is 399 g/mol. The van der Waals surface area contributed by atoms with Crippen LogP contribution in [0.25, 0.3) is 10.2 Å². The molecule has 2 aromatic carbocycles. The van der Waals surface area contributed by atoms with Crippen molar-refractivity contribution in [3.63, 3.8) is 0 Å². The highest BCUT2D eigenvalue weighted by atomic mass is 35.5. The molecule has 1 aliphatic heterocycles. The fourth-order valence-corrected chi connectivity index (χ4v) is 4.37. The van der Waals surface area contributed by atoms with Crippen LogP contribution in [0.15, 0.2) is 48.5 Å². The Kier molecular flexibility index (Phi) is 5.09. The predicted octanol–water partition coefficient (Wildman–Crippen LogP) is 4.44. The van der Waals surface area contributed by atoms with Crippen LogP contribution < -0.4 is 5.32 Å². The van der Waals surface area contributed by atoms with Crippen molar-refractivity contribution in [1.29, 1.82) is 0 Å². The molecule has 0 spiro atoms. The summed E-state index contributed by atoms with van der Waals surface area (Å²) in [6, 6.07) is 14.9. The van der Waals surface area contributed by atoms with Gasteiger partial charge in [0, 0.05) is 19.0 Å². The second-order valence-corrected chi connectivity index (χ2v) is 7.96. The number of fused-ring (bicyclic) bond motifs is 1. The Labute approximate surface area is 166 Å². The largest absolute Gasteiger partial charge is 0.339 e. The number of para-hydroxylation sites is 1. The van der Waals surface area contributed by atoms with Crippen molar-refractivity contribution >= 4 is 50.1 Å². The first-order valence-corrected chi connectivity index (χ1v) is 10.0. The lowest BCUT2D eigenvalue weighted by Gasteiger charge is -2.31. The molecule has 2 heterocycles. The molecule has 1 N–H and O–H groups in total. The number of thiazole rings is 1. The summed E-state index contributed by atoms with van der Waals surface area (Å²) in [4.78, 5) is 31.4. The van der Waals surface area contributed by atoms with Gasteiger partial charge in [-0.2, -0.15) is 0 Å². The van der Waals surface area contributed by atoms with E-state index in [1.807, 2.05) is 24.3 Å². The highest BCUT2D eigenvalue weighted by molar-refractivity contribution is 7.22. The summed E-state index contributed by atoms with van der Waals surface area (Å²) in [5, 5.41) is 4.01. The third-order valence-electron chi connectivity index (χ3n) is 4.78. The third kappa shape index (κ3) is 3.82. The number of benzene rings is 2. The molecule has 7 heteroatoms. The number of halogens is 1. The van der Waals surface area contributed by atoms with Crippen molar-refractivity contribution < 1.29 is 9.59 Å². The summed E-state index contributed by atoms with van der Waals surface area (Å²) < 4.78 is 1.05. The van der Waals surface area contributed by atoms with Gasteiger partial charge in [0.05, 0.1) is 20.8 Å². The van der Waals surface area contributed by atoms with Gasteiger partial charge in [-0.15, -0.1) is 0 Å². The van der Waals surface area contributed by atoms with Crippen LogP contribution in [0.4, 0.5) is 5.13 Å². The predicted molar refractivity (Wildman–Crippen MR) is 108 cm³/mol. The number of rotatable bonds is 3. The highest BCUT2D eigenvalue weighted by Crippen LogP contribution is 2.27. The summed E-state index contributed by atoms with van der Waals surface area (Å²) in [6.45, 7) is 1.09. The quantitative estimate of drug-likeness (QED) is 0.708. The van der Waals surface area contributed by atoms with Crippen molar-refractivity contribution in [2.24, 2.45) is 5.92 Å². The number of anilines is 1. The molecule has 138 valence electrons. The molecule has 0 saturated carbocycles. The molecule has 1 aromatic heterocycles. The number of piperidine rings is 1. The van der Waals surface area contributed by atoms with Crippen LogP contribution in [0.2, 0.25) is 5.02 Å². The van der Waals surface area contributed by atoms with Crippen LogP contribution in [0.1, 0.15) is 23.2 Å². The van der Waals surface area contributed by atoms with E-state index in [1.165, 1.54) is 11.3 Å². The zero-order valence-corrected chi connectivity index (χ0v) is 16.1. The van der Waals surface area contributed by atoms with E-state index in [0.29, 0.717) is 41.6 Å². The minimum atomic E-state index is -0.118. The molecule has 2 amide bonds. The molecule has 0 unspecified atom stereocenters. The van der Waals surface area contributed by atoms with Gasteiger partial charge >= 0.3 is 0 Å². The van der Waals surface area contributed by atoms with Crippen molar-refractivity contribution in [2.45, 2.75) is 12.8 Å². The molecule has 5 nitrogen and oxygen atoms in total. The Balaban J connectivity index is 1.36. The molecule has 0 radical (unpaired) electrons. The Morgan fingerprint density at radius 3 is 2.52 bits per heavy atom. The topological polar surface area (TPSA) is 62.3 Å². The van der Waals surface area contributed by atoms with Crippen LogP contribution in [0.3, 0.4) is 0 Å². The van der Waals surface area contributed by atoms with E-state index in [1.54, 1.807) is 29.2 Å². The van der Waals surface area contributed by atoms with E-state index >= 15 is 0 Å². The van der Waals surface area contributed by atoms with Gasteiger partial charge in [-0.1, -0.05) is 47.2 Å². The fraction of sp³-hybridized carbons (Fsp3) is 0.250. The summed E-state index contributed by atoms with van der Waals surface area (Å²) in [5.41, 5.74) is 1.40. The number of amides is 2. The Hall–Kier alpha value is -2.44. The fourth-order valence-electron chi connectivity index (χ4n) is 3.28. The zero-order valence-electron chi connectivity index (χ0n) is 14.5. The first kappa shape index (κ1) is 17.9. The van der Waals surface area contributed by atoms with Crippen LogP contribution >= 0.6 is 22.9 Å². The first-order chi connectivity index (χ1) is 13.1. The summed E-state index contributed by atoms with van der Waals surface area (Å²) in [6.07, 6.45) is 1.26. The number of hydrogen-bond donors (Lipinski definition) is 1. The average Bonchev–Trinajstić information content (AvgIpc) is 3.10. The maximum atomic E-state index is 12.6. The third-order valence-corrected chi connectivity index (χ3v) is 6.06. The smallest absolute Gasteiger partial charge is 0.255 e. The maximum Gasteiger partial charge on any atom is 0.255 e. The molecular weight excluding hydrogens is 382 g/mol. The molecule has 4 rings (SSSR count). The molecule has 0 bridgehead atoms. The number of aromatic nitrogens is 1. The molecular formula is C20H18ClN3O2S. The van der Waals surface area contributed by atoms with Crippen molar-refractivity contribution in [1.82, 2.24) is 9.88 Å². The second kappa shape index (κ2) is 7.66. The molecule has 1 saturated heterocycles. The molecule has 1 aliphatic rings. The van der Waals surface area contributed by atoms with Crippen LogP contribution in [-0.4, -0.2) is 34.8 Å². The molecule has 0 atom stereocenters. The van der Waals surface area contributed by atoms with Gasteiger partial charge < -0.3 is 10.2 Å². The van der Waals surface area contributed by atoms with Crippen molar-refractivity contribution in [2.75, 3.05) is 18.4 Å². The van der Waals surface area contributed by atoms with E-state index in [9.17, 15) is 9.59 Å². The average molecular weight is 400 g/mol. The van der Waals surface area contributed by atoms with Gasteiger partial charge in [0.15, 0.2) is 5.13 Å². The van der Waals surface area contributed by atoms with Gasteiger partial charge in [0.25, 0.3) is 5.91 Å². The SMILES string of the molecule is O=C(Nc1nc2ccccc2s1)C1CCN(C(=O)c2ccccc2Cl)CC1. The van der Waals surface area contributed by atoms with Crippen molar-refractivity contribution in [3.8, 4) is 0 Å². The number of likely N-dealkylation sites (tertiary alicyclic amines) is 1. The maximum absolute atomic E-state index is 12.6. The molecule has 27 heavy (non-hydrogen) atoms. The van der Waals surface area contributed by atoms with Gasteiger partial charge in [0.2, 0.25) is 5.91 Å². The summed E-state index contributed by atoms with van der Waals surface area (Å²) >= 11 is 7.60. The van der Waals surface area contributed by atoms with E-state index < -0.39 is 0 Å². The van der Waals surface area contributed by atoms with Crippen LogP contribution in [0.5, 0.6) is 0 Å². The standard InChI is InChI=1S/C20H18ClN3O2S/c21-15-6-2-1-5-14(15)19(26)24-11-9-13(10-12-24)18(25)23-20-22-16-7-3-4-8-17(16)27-20/h1-8,13H,9-12H2,(H,22,23,25). The number of hydrogen-bond acceptors (Lipinski definition) is 4. The zero-order chi connectivity index (χ0) is 18.8. The van der Waals surface area contributed by atoms with Gasteiger partial charge in [-0.05, 0) is 37.1 Å². The van der Waals surface area contributed by atoms with Crippen LogP contribution in [-0.2, 0) is 4.79 Å². The van der Waals surface area contributed by atoms with Gasteiger partial charge in [-0.3, -0.25) is 9.59 Å². The van der Waals surface area contributed by atoms with Crippen molar-refractivity contribution in [3.05, 3.63) is 59.1 Å². The first-order valence-electron chi connectivity index (χ1n) is 8.82. The van der Waals surface area contributed by atoms with E-state index in [2.05, 4.69) is 10.3 Å². The molecule has 0 aliphatic carbocycles. The van der Waals surface area contributed by atoms with Gasteiger partial charge in [0.1, 0.15) is 0 Å². The number of carbonyl (C=O) groups is 2. The summed E-state index contributed by atoms with van der Waals surface area (Å²) in [5.74, 6) is -0.225. The minimum Gasteiger partial charge on any atom is -0.339 e. The normalized spacial score (nSPS) is 15.1. The lowest BCUT2D eigenvalue weighted by atomic mass is 9.95. The van der Waals surface area contributed by atoms with E-state index in [4.69, 9.17) is 11.6 Å². The highest BCUT2D eigenvalue weighted by Gasteiger charge is 2.29. The van der Waals surface area contributed by atoms with E-state index in [-0.39, 0.29) is 17.7 Å².